The van der Waals surface area contributed by atoms with E-state index in [1.54, 1.807) is 0 Å². The van der Waals surface area contributed by atoms with Gasteiger partial charge in [0, 0.05) is 19.2 Å². The van der Waals surface area contributed by atoms with Crippen LogP contribution in [-0.4, -0.2) is 23.6 Å². The molecule has 15 heavy (non-hydrogen) atoms. The van der Waals surface area contributed by atoms with Crippen molar-refractivity contribution < 1.29 is 0 Å². The van der Waals surface area contributed by atoms with Crippen molar-refractivity contribution in [3.63, 3.8) is 0 Å². The minimum atomic E-state index is -0.0365. The Morgan fingerprint density at radius 3 is 2.87 bits per heavy atom. The zero-order valence-corrected chi connectivity index (χ0v) is 9.23. The molecular formula is C10H15N5. The molecule has 80 valence electrons. The van der Waals surface area contributed by atoms with E-state index >= 15 is 0 Å². The largest absolute Gasteiger partial charge is 0.383 e. The van der Waals surface area contributed by atoms with E-state index in [1.165, 1.54) is 6.33 Å². The van der Waals surface area contributed by atoms with Gasteiger partial charge in [-0.2, -0.15) is 5.26 Å². The highest BCUT2D eigenvalue weighted by atomic mass is 15.2. The minimum Gasteiger partial charge on any atom is -0.383 e. The SMILES string of the molecule is Cc1c(N)ncnc1N(C)CC(C)C#N. The van der Waals surface area contributed by atoms with Crippen LogP contribution < -0.4 is 10.6 Å². The monoisotopic (exact) mass is 205 g/mol. The first kappa shape index (κ1) is 11.2. The molecule has 0 radical (unpaired) electrons. The Morgan fingerprint density at radius 1 is 1.60 bits per heavy atom. The van der Waals surface area contributed by atoms with Crippen LogP contribution in [0.3, 0.4) is 0 Å². The molecule has 0 fully saturated rings. The predicted octanol–water partition coefficient (Wildman–Crippen LogP) is 0.963. The van der Waals surface area contributed by atoms with Crippen molar-refractivity contribution in [3.8, 4) is 6.07 Å². The lowest BCUT2D eigenvalue weighted by Crippen LogP contribution is -2.25. The van der Waals surface area contributed by atoms with Crippen LogP contribution in [0.4, 0.5) is 11.6 Å². The molecule has 5 nitrogen and oxygen atoms in total. The third-order valence-corrected chi connectivity index (χ3v) is 2.23. The summed E-state index contributed by atoms with van der Waals surface area (Å²) in [6.45, 7) is 4.38. The van der Waals surface area contributed by atoms with Crippen molar-refractivity contribution in [2.24, 2.45) is 5.92 Å². The fourth-order valence-electron chi connectivity index (χ4n) is 1.38. The van der Waals surface area contributed by atoms with Gasteiger partial charge in [0.15, 0.2) is 0 Å². The number of nitrogens with zero attached hydrogens (tertiary/aromatic N) is 4. The Labute approximate surface area is 89.6 Å². The lowest BCUT2D eigenvalue weighted by Gasteiger charge is -2.21. The Balaban J connectivity index is 2.87. The first-order valence-electron chi connectivity index (χ1n) is 4.74. The molecular weight excluding hydrogens is 190 g/mol. The summed E-state index contributed by atoms with van der Waals surface area (Å²) in [6, 6.07) is 2.18. The third kappa shape index (κ3) is 2.56. The number of nitrogen functional groups attached to an aromatic ring is 1. The molecule has 0 aliphatic heterocycles. The molecule has 0 saturated carbocycles. The number of anilines is 2. The normalized spacial score (nSPS) is 11.9. The zero-order chi connectivity index (χ0) is 11.4. The topological polar surface area (TPSA) is 78.8 Å². The molecule has 0 saturated heterocycles. The van der Waals surface area contributed by atoms with E-state index in [0.29, 0.717) is 12.4 Å². The van der Waals surface area contributed by atoms with Gasteiger partial charge in [-0.1, -0.05) is 0 Å². The average molecular weight is 205 g/mol. The molecule has 1 aromatic rings. The van der Waals surface area contributed by atoms with Crippen molar-refractivity contribution in [2.75, 3.05) is 24.2 Å². The summed E-state index contributed by atoms with van der Waals surface area (Å²) in [5, 5.41) is 8.72. The fraction of sp³-hybridized carbons (Fsp3) is 0.500. The molecule has 0 amide bonds. The van der Waals surface area contributed by atoms with Crippen LogP contribution in [0.2, 0.25) is 0 Å². The van der Waals surface area contributed by atoms with E-state index < -0.39 is 0 Å². The zero-order valence-electron chi connectivity index (χ0n) is 9.23. The highest BCUT2D eigenvalue weighted by molar-refractivity contribution is 5.55. The second-order valence-corrected chi connectivity index (χ2v) is 3.62. The maximum Gasteiger partial charge on any atom is 0.136 e. The van der Waals surface area contributed by atoms with Crippen LogP contribution in [0.5, 0.6) is 0 Å². The molecule has 0 aliphatic rings. The van der Waals surface area contributed by atoms with Crippen LogP contribution in [0.25, 0.3) is 0 Å². The first-order chi connectivity index (χ1) is 7.06. The minimum absolute atomic E-state index is 0.0365. The van der Waals surface area contributed by atoms with Gasteiger partial charge in [0.25, 0.3) is 0 Å². The number of aromatic nitrogens is 2. The van der Waals surface area contributed by atoms with Gasteiger partial charge in [-0.25, -0.2) is 9.97 Å². The molecule has 1 atom stereocenters. The Morgan fingerprint density at radius 2 is 2.27 bits per heavy atom. The summed E-state index contributed by atoms with van der Waals surface area (Å²) < 4.78 is 0. The summed E-state index contributed by atoms with van der Waals surface area (Å²) in [6.07, 6.45) is 1.44. The van der Waals surface area contributed by atoms with Crippen LogP contribution in [0.1, 0.15) is 12.5 Å². The standard InChI is InChI=1S/C10H15N5/c1-7(4-11)5-15(3)10-8(2)9(12)13-6-14-10/h6-7H,5H2,1-3H3,(H2,12,13,14). The van der Waals surface area contributed by atoms with E-state index in [4.69, 9.17) is 11.0 Å². The Kier molecular flexibility index (Phi) is 3.45. The van der Waals surface area contributed by atoms with Gasteiger partial charge in [-0.3, -0.25) is 0 Å². The van der Waals surface area contributed by atoms with Crippen LogP contribution in [0, 0.1) is 24.2 Å². The lowest BCUT2D eigenvalue weighted by atomic mass is 10.2. The summed E-state index contributed by atoms with van der Waals surface area (Å²) in [4.78, 5) is 9.97. The Bertz CT molecular complexity index is 382. The quantitative estimate of drug-likeness (QED) is 0.795. The fourth-order valence-corrected chi connectivity index (χ4v) is 1.38. The smallest absolute Gasteiger partial charge is 0.136 e. The van der Waals surface area contributed by atoms with Gasteiger partial charge < -0.3 is 10.6 Å². The maximum atomic E-state index is 8.72. The van der Waals surface area contributed by atoms with Crippen molar-refractivity contribution in [1.29, 1.82) is 5.26 Å². The van der Waals surface area contributed by atoms with Crippen molar-refractivity contribution >= 4 is 11.6 Å². The lowest BCUT2D eigenvalue weighted by molar-refractivity contribution is 0.708. The number of hydrogen-bond donors (Lipinski definition) is 1. The van der Waals surface area contributed by atoms with E-state index in [9.17, 15) is 0 Å². The van der Waals surface area contributed by atoms with Gasteiger partial charge in [0.2, 0.25) is 0 Å². The van der Waals surface area contributed by atoms with Crippen molar-refractivity contribution in [3.05, 3.63) is 11.9 Å². The molecule has 5 heteroatoms. The molecule has 0 spiro atoms. The number of rotatable bonds is 3. The number of hydrogen-bond acceptors (Lipinski definition) is 5. The summed E-state index contributed by atoms with van der Waals surface area (Å²) >= 11 is 0. The van der Waals surface area contributed by atoms with E-state index in [2.05, 4.69) is 16.0 Å². The maximum absolute atomic E-state index is 8.72. The van der Waals surface area contributed by atoms with Gasteiger partial charge >= 0.3 is 0 Å². The molecule has 0 aliphatic carbocycles. The van der Waals surface area contributed by atoms with Crippen molar-refractivity contribution in [2.45, 2.75) is 13.8 Å². The van der Waals surface area contributed by atoms with Gasteiger partial charge in [-0.05, 0) is 13.8 Å². The van der Waals surface area contributed by atoms with Gasteiger partial charge in [0.05, 0.1) is 12.0 Å². The molecule has 1 aromatic heterocycles. The molecule has 1 unspecified atom stereocenters. The second kappa shape index (κ2) is 4.60. The highest BCUT2D eigenvalue weighted by Crippen LogP contribution is 2.19. The van der Waals surface area contributed by atoms with Gasteiger partial charge in [0.1, 0.15) is 18.0 Å². The molecule has 1 heterocycles. The summed E-state index contributed by atoms with van der Waals surface area (Å²) in [5.41, 5.74) is 6.53. The van der Waals surface area contributed by atoms with Crippen LogP contribution in [-0.2, 0) is 0 Å². The van der Waals surface area contributed by atoms with E-state index in [0.717, 1.165) is 11.4 Å². The molecule has 2 N–H and O–H groups in total. The molecule has 0 bridgehead atoms. The third-order valence-electron chi connectivity index (χ3n) is 2.23. The second-order valence-electron chi connectivity index (χ2n) is 3.62. The van der Waals surface area contributed by atoms with E-state index in [1.807, 2.05) is 25.8 Å². The van der Waals surface area contributed by atoms with E-state index in [-0.39, 0.29) is 5.92 Å². The van der Waals surface area contributed by atoms with Crippen LogP contribution in [0.15, 0.2) is 6.33 Å². The number of nitriles is 1. The summed E-state index contributed by atoms with van der Waals surface area (Å²) in [5.74, 6) is 1.23. The molecule has 0 aromatic carbocycles. The first-order valence-corrected chi connectivity index (χ1v) is 4.74. The van der Waals surface area contributed by atoms with Crippen molar-refractivity contribution in [1.82, 2.24) is 9.97 Å². The van der Waals surface area contributed by atoms with Crippen LogP contribution >= 0.6 is 0 Å². The predicted molar refractivity (Wildman–Crippen MR) is 59.2 cm³/mol. The number of nitrogens with two attached hydrogens (primary N) is 1. The van der Waals surface area contributed by atoms with Gasteiger partial charge in [-0.15, -0.1) is 0 Å². The Hall–Kier alpha value is -1.83. The molecule has 1 rings (SSSR count). The average Bonchev–Trinajstić information content (AvgIpc) is 2.21. The summed E-state index contributed by atoms with van der Waals surface area (Å²) in [7, 11) is 1.89. The highest BCUT2D eigenvalue weighted by Gasteiger charge is 2.11.